The number of anilines is 1. The van der Waals surface area contributed by atoms with Gasteiger partial charge in [0.2, 0.25) is 5.91 Å². The Morgan fingerprint density at radius 1 is 1.37 bits per heavy atom. The molecule has 136 valence electrons. The minimum Gasteiger partial charge on any atom is -0.329 e. The van der Waals surface area contributed by atoms with Crippen molar-refractivity contribution < 1.29 is 4.79 Å². The summed E-state index contributed by atoms with van der Waals surface area (Å²) < 4.78 is 2.00. The molecule has 1 aliphatic rings. The van der Waals surface area contributed by atoms with Crippen LogP contribution < -0.4 is 10.2 Å². The molecule has 3 heterocycles. The van der Waals surface area contributed by atoms with Gasteiger partial charge in [-0.15, -0.1) is 11.3 Å². The van der Waals surface area contributed by atoms with Crippen molar-refractivity contribution in [2.75, 3.05) is 11.4 Å². The van der Waals surface area contributed by atoms with Crippen molar-refractivity contribution >= 4 is 22.4 Å². The number of amides is 1. The SMILES string of the molecule is N#Cc1ccccc1Cn1cncc1CNC1CCN(c2nccs2)C1=O. The molecule has 0 aliphatic carbocycles. The molecule has 27 heavy (non-hydrogen) atoms. The van der Waals surface area contributed by atoms with Crippen LogP contribution in [0.5, 0.6) is 0 Å². The highest BCUT2D eigenvalue weighted by atomic mass is 32.1. The molecule has 0 saturated carbocycles. The van der Waals surface area contributed by atoms with Crippen LogP contribution >= 0.6 is 11.3 Å². The number of carbonyl (C=O) groups excluding carboxylic acids is 1. The number of rotatable bonds is 6. The van der Waals surface area contributed by atoms with Gasteiger partial charge in [-0.05, 0) is 18.1 Å². The molecule has 1 atom stereocenters. The van der Waals surface area contributed by atoms with E-state index in [1.807, 2.05) is 34.2 Å². The third kappa shape index (κ3) is 3.60. The van der Waals surface area contributed by atoms with E-state index in [0.717, 1.165) is 22.8 Å². The van der Waals surface area contributed by atoms with Gasteiger partial charge in [0.1, 0.15) is 0 Å². The average molecular weight is 378 g/mol. The first-order valence-electron chi connectivity index (χ1n) is 8.67. The highest BCUT2D eigenvalue weighted by Crippen LogP contribution is 2.23. The molecule has 1 amide bonds. The number of thiazole rings is 1. The first-order valence-corrected chi connectivity index (χ1v) is 9.55. The molecule has 0 bridgehead atoms. The molecule has 1 aliphatic heterocycles. The number of carbonyl (C=O) groups is 1. The Bertz CT molecular complexity index is 974. The minimum atomic E-state index is -0.219. The molecule has 1 saturated heterocycles. The molecule has 8 heteroatoms. The lowest BCUT2D eigenvalue weighted by atomic mass is 10.1. The van der Waals surface area contributed by atoms with E-state index in [0.29, 0.717) is 25.2 Å². The maximum Gasteiger partial charge on any atom is 0.245 e. The van der Waals surface area contributed by atoms with Crippen LogP contribution in [0.1, 0.15) is 23.2 Å². The Morgan fingerprint density at radius 3 is 3.07 bits per heavy atom. The van der Waals surface area contributed by atoms with Crippen LogP contribution in [0, 0.1) is 11.3 Å². The van der Waals surface area contributed by atoms with E-state index in [-0.39, 0.29) is 11.9 Å². The molecular weight excluding hydrogens is 360 g/mol. The van der Waals surface area contributed by atoms with Crippen molar-refractivity contribution in [1.29, 1.82) is 5.26 Å². The van der Waals surface area contributed by atoms with E-state index < -0.39 is 0 Å². The van der Waals surface area contributed by atoms with Gasteiger partial charge in [-0.3, -0.25) is 9.69 Å². The van der Waals surface area contributed by atoms with Crippen molar-refractivity contribution in [1.82, 2.24) is 19.9 Å². The van der Waals surface area contributed by atoms with Crippen molar-refractivity contribution in [3.63, 3.8) is 0 Å². The summed E-state index contributed by atoms with van der Waals surface area (Å²) in [5, 5.41) is 15.2. The summed E-state index contributed by atoms with van der Waals surface area (Å²) in [5.41, 5.74) is 2.59. The van der Waals surface area contributed by atoms with Crippen LogP contribution in [0.15, 0.2) is 48.4 Å². The number of nitrogens with one attached hydrogen (secondary N) is 1. The molecule has 0 radical (unpaired) electrons. The van der Waals surface area contributed by atoms with Gasteiger partial charge in [0, 0.05) is 30.9 Å². The van der Waals surface area contributed by atoms with Crippen LogP contribution in [0.25, 0.3) is 0 Å². The topological polar surface area (TPSA) is 86.8 Å². The Labute approximate surface area is 160 Å². The molecule has 1 N–H and O–H groups in total. The first-order chi connectivity index (χ1) is 13.3. The summed E-state index contributed by atoms with van der Waals surface area (Å²) in [6.45, 7) is 1.79. The molecule has 1 fully saturated rings. The van der Waals surface area contributed by atoms with Crippen LogP contribution in [0.4, 0.5) is 5.13 Å². The van der Waals surface area contributed by atoms with Crippen molar-refractivity contribution in [3.8, 4) is 6.07 Å². The predicted molar refractivity (Wildman–Crippen MR) is 102 cm³/mol. The highest BCUT2D eigenvalue weighted by Gasteiger charge is 2.33. The molecule has 1 unspecified atom stereocenters. The quantitative estimate of drug-likeness (QED) is 0.710. The van der Waals surface area contributed by atoms with E-state index in [4.69, 9.17) is 0 Å². The molecular formula is C19H18N6OS. The van der Waals surface area contributed by atoms with Crippen LogP contribution in [-0.4, -0.2) is 33.0 Å². The molecule has 0 spiro atoms. The number of nitriles is 1. The number of aromatic nitrogens is 3. The lowest BCUT2D eigenvalue weighted by Crippen LogP contribution is -2.38. The third-order valence-electron chi connectivity index (χ3n) is 4.66. The number of imidazole rings is 1. The van der Waals surface area contributed by atoms with Crippen LogP contribution in [0.3, 0.4) is 0 Å². The molecule has 3 aromatic rings. The summed E-state index contributed by atoms with van der Waals surface area (Å²) in [7, 11) is 0. The van der Waals surface area contributed by atoms with Crippen molar-refractivity contribution in [3.05, 3.63) is 65.2 Å². The maximum atomic E-state index is 12.6. The van der Waals surface area contributed by atoms with Gasteiger partial charge in [0.05, 0.1) is 36.2 Å². The lowest BCUT2D eigenvalue weighted by Gasteiger charge is -2.15. The second-order valence-corrected chi connectivity index (χ2v) is 7.18. The lowest BCUT2D eigenvalue weighted by molar-refractivity contribution is -0.118. The summed E-state index contributed by atoms with van der Waals surface area (Å²) >= 11 is 1.47. The second kappa shape index (κ2) is 7.70. The molecule has 7 nitrogen and oxygen atoms in total. The summed E-state index contributed by atoms with van der Waals surface area (Å²) in [5.74, 6) is 0.0610. The Hall–Kier alpha value is -3.02. The van der Waals surface area contributed by atoms with Gasteiger partial charge in [-0.1, -0.05) is 18.2 Å². The van der Waals surface area contributed by atoms with Crippen LogP contribution in [0.2, 0.25) is 0 Å². The minimum absolute atomic E-state index is 0.0610. The number of hydrogen-bond acceptors (Lipinski definition) is 6. The van der Waals surface area contributed by atoms with E-state index in [1.165, 1.54) is 11.3 Å². The Morgan fingerprint density at radius 2 is 2.26 bits per heavy atom. The average Bonchev–Trinajstić information content (AvgIpc) is 3.42. The van der Waals surface area contributed by atoms with Gasteiger partial charge in [-0.25, -0.2) is 9.97 Å². The zero-order chi connectivity index (χ0) is 18.6. The highest BCUT2D eigenvalue weighted by molar-refractivity contribution is 7.13. The summed E-state index contributed by atoms with van der Waals surface area (Å²) in [4.78, 5) is 22.8. The first kappa shape index (κ1) is 17.4. The smallest absolute Gasteiger partial charge is 0.245 e. The Kier molecular flexibility index (Phi) is 4.96. The third-order valence-corrected chi connectivity index (χ3v) is 5.46. The maximum absolute atomic E-state index is 12.6. The standard InChI is InChI=1S/C19H18N6OS/c20-9-14-3-1-2-4-15(14)12-24-13-21-10-16(24)11-23-17-5-7-25(18(17)26)19-22-6-8-27-19/h1-4,6,8,10,13,17,23H,5,7,11-12H2. The molecule has 1 aromatic carbocycles. The van der Waals surface area contributed by atoms with E-state index in [9.17, 15) is 10.1 Å². The van der Waals surface area contributed by atoms with Gasteiger partial charge >= 0.3 is 0 Å². The normalized spacial score (nSPS) is 16.6. The fourth-order valence-corrected chi connectivity index (χ4v) is 3.90. The number of hydrogen-bond donors (Lipinski definition) is 1. The van der Waals surface area contributed by atoms with Gasteiger partial charge in [0.25, 0.3) is 0 Å². The molecule has 4 rings (SSSR count). The fraction of sp³-hybridized carbons (Fsp3) is 0.263. The molecule has 2 aromatic heterocycles. The summed E-state index contributed by atoms with van der Waals surface area (Å²) in [6, 6.07) is 9.55. The second-order valence-electron chi connectivity index (χ2n) is 6.31. The van der Waals surface area contributed by atoms with Gasteiger partial charge < -0.3 is 9.88 Å². The monoisotopic (exact) mass is 378 g/mol. The van der Waals surface area contributed by atoms with Crippen molar-refractivity contribution in [2.24, 2.45) is 0 Å². The Balaban J connectivity index is 1.41. The van der Waals surface area contributed by atoms with Crippen molar-refractivity contribution in [2.45, 2.75) is 25.6 Å². The fourth-order valence-electron chi connectivity index (χ4n) is 3.22. The number of benzene rings is 1. The van der Waals surface area contributed by atoms with Gasteiger partial charge in [0.15, 0.2) is 5.13 Å². The van der Waals surface area contributed by atoms with Gasteiger partial charge in [-0.2, -0.15) is 5.26 Å². The zero-order valence-electron chi connectivity index (χ0n) is 14.6. The predicted octanol–water partition coefficient (Wildman–Crippen LogP) is 2.15. The van der Waals surface area contributed by atoms with E-state index in [1.54, 1.807) is 23.6 Å². The van der Waals surface area contributed by atoms with E-state index in [2.05, 4.69) is 21.4 Å². The van der Waals surface area contributed by atoms with E-state index >= 15 is 0 Å². The van der Waals surface area contributed by atoms with Crippen LogP contribution in [-0.2, 0) is 17.9 Å². The summed E-state index contributed by atoms with van der Waals surface area (Å²) in [6.07, 6.45) is 6.01. The largest absolute Gasteiger partial charge is 0.329 e. The zero-order valence-corrected chi connectivity index (χ0v) is 15.4. The number of nitrogens with zero attached hydrogens (tertiary/aromatic N) is 5.